The predicted octanol–water partition coefficient (Wildman–Crippen LogP) is 2.18. The highest BCUT2D eigenvalue weighted by atomic mass is 16.1. The molecule has 1 rings (SSSR count). The smallest absolute Gasteiger partial charge is 0.211 e. The lowest BCUT2D eigenvalue weighted by Gasteiger charge is -2.08. The van der Waals surface area contributed by atoms with Crippen LogP contribution in [-0.2, 0) is 11.2 Å². The highest BCUT2D eigenvalue weighted by Crippen LogP contribution is 2.20. The van der Waals surface area contributed by atoms with Gasteiger partial charge in [0.25, 0.3) is 0 Å². The number of nitrogens with two attached hydrogens (primary N) is 1. The predicted molar refractivity (Wildman–Crippen MR) is 59.2 cm³/mol. The summed E-state index contributed by atoms with van der Waals surface area (Å²) in [7, 11) is 0. The van der Waals surface area contributed by atoms with Crippen LogP contribution in [0.3, 0.4) is 0 Å². The number of unbranched alkanes of at least 4 members (excludes halogenated alkanes) is 1. The Bertz CT molecular complexity index is 310. The minimum absolute atomic E-state index is 0.676. The van der Waals surface area contributed by atoms with Crippen molar-refractivity contribution >= 4 is 17.8 Å². The van der Waals surface area contributed by atoms with Crippen molar-refractivity contribution in [1.29, 1.82) is 0 Å². The van der Waals surface area contributed by atoms with Crippen LogP contribution in [0.25, 0.3) is 0 Å². The number of aryl methyl sites for hydroxylation is 1. The first-order valence-electron chi connectivity index (χ1n) is 4.86. The molecule has 3 heteroatoms. The molecular weight excluding hydrogens is 176 g/mol. The number of nitrogen functional groups attached to an aromatic ring is 1. The summed E-state index contributed by atoms with van der Waals surface area (Å²) < 4.78 is 0. The number of hydrogen-bond donors (Lipinski definition) is 2. The van der Waals surface area contributed by atoms with Gasteiger partial charge < -0.3 is 11.1 Å². The zero-order valence-electron chi connectivity index (χ0n) is 8.42. The van der Waals surface area contributed by atoms with E-state index in [1.54, 1.807) is 6.07 Å². The summed E-state index contributed by atoms with van der Waals surface area (Å²) in [5.41, 5.74) is 8.28. The zero-order chi connectivity index (χ0) is 10.4. The Kier molecular flexibility index (Phi) is 3.98. The van der Waals surface area contributed by atoms with Gasteiger partial charge in [-0.05, 0) is 30.5 Å². The normalized spacial score (nSPS) is 9.79. The molecule has 0 heterocycles. The van der Waals surface area contributed by atoms with Crippen molar-refractivity contribution in [2.75, 3.05) is 11.1 Å². The van der Waals surface area contributed by atoms with Crippen LogP contribution in [0.5, 0.6) is 0 Å². The van der Waals surface area contributed by atoms with Crippen molar-refractivity contribution in [2.45, 2.75) is 26.2 Å². The van der Waals surface area contributed by atoms with Crippen LogP contribution in [0.4, 0.5) is 11.4 Å². The van der Waals surface area contributed by atoms with E-state index in [4.69, 9.17) is 5.73 Å². The lowest BCUT2D eigenvalue weighted by molar-refractivity contribution is -0.105. The second-order valence-electron chi connectivity index (χ2n) is 3.28. The highest BCUT2D eigenvalue weighted by molar-refractivity contribution is 5.75. The number of carbonyl (C=O) groups excluding carboxylic acids is 1. The number of anilines is 2. The molecule has 3 nitrogen and oxygen atoms in total. The van der Waals surface area contributed by atoms with E-state index in [1.807, 2.05) is 12.1 Å². The van der Waals surface area contributed by atoms with E-state index in [-0.39, 0.29) is 0 Å². The third-order valence-corrected chi connectivity index (χ3v) is 2.15. The molecular formula is C11H16N2O. The Morgan fingerprint density at radius 1 is 1.50 bits per heavy atom. The summed E-state index contributed by atoms with van der Waals surface area (Å²) in [6.45, 7) is 2.14. The summed E-state index contributed by atoms with van der Waals surface area (Å²) in [5.74, 6) is 0. The van der Waals surface area contributed by atoms with Crippen molar-refractivity contribution in [2.24, 2.45) is 0 Å². The van der Waals surface area contributed by atoms with Gasteiger partial charge in [0.1, 0.15) is 0 Å². The first-order valence-corrected chi connectivity index (χ1v) is 4.86. The molecule has 0 aliphatic carbocycles. The SMILES string of the molecule is CCCCc1ccc(N)cc1NC=O. The molecule has 0 atom stereocenters. The van der Waals surface area contributed by atoms with Crippen LogP contribution in [0.15, 0.2) is 18.2 Å². The van der Waals surface area contributed by atoms with Crippen molar-refractivity contribution in [3.05, 3.63) is 23.8 Å². The maximum atomic E-state index is 10.4. The minimum Gasteiger partial charge on any atom is -0.399 e. The van der Waals surface area contributed by atoms with Gasteiger partial charge in [0.2, 0.25) is 6.41 Å². The van der Waals surface area contributed by atoms with E-state index in [0.717, 1.165) is 30.5 Å². The fourth-order valence-electron chi connectivity index (χ4n) is 1.38. The monoisotopic (exact) mass is 192 g/mol. The maximum absolute atomic E-state index is 10.4. The lowest BCUT2D eigenvalue weighted by Crippen LogP contribution is -2.00. The van der Waals surface area contributed by atoms with Gasteiger partial charge in [-0.3, -0.25) is 4.79 Å². The molecule has 1 aromatic rings. The molecule has 14 heavy (non-hydrogen) atoms. The number of rotatable bonds is 5. The fourth-order valence-corrected chi connectivity index (χ4v) is 1.38. The van der Waals surface area contributed by atoms with Gasteiger partial charge in [-0.25, -0.2) is 0 Å². The van der Waals surface area contributed by atoms with Crippen LogP contribution in [0.1, 0.15) is 25.3 Å². The molecule has 0 saturated heterocycles. The van der Waals surface area contributed by atoms with Crippen LogP contribution in [0, 0.1) is 0 Å². The number of nitrogens with one attached hydrogen (secondary N) is 1. The molecule has 76 valence electrons. The first-order chi connectivity index (χ1) is 6.77. The fraction of sp³-hybridized carbons (Fsp3) is 0.364. The molecule has 1 aromatic carbocycles. The molecule has 0 radical (unpaired) electrons. The lowest BCUT2D eigenvalue weighted by atomic mass is 10.1. The number of amides is 1. The van der Waals surface area contributed by atoms with E-state index >= 15 is 0 Å². The van der Waals surface area contributed by atoms with Crippen molar-refractivity contribution < 1.29 is 4.79 Å². The van der Waals surface area contributed by atoms with Gasteiger partial charge in [-0.15, -0.1) is 0 Å². The van der Waals surface area contributed by atoms with Crippen LogP contribution in [-0.4, -0.2) is 6.41 Å². The second-order valence-corrected chi connectivity index (χ2v) is 3.28. The van der Waals surface area contributed by atoms with Crippen LogP contribution >= 0.6 is 0 Å². The minimum atomic E-state index is 0.676. The Morgan fingerprint density at radius 2 is 2.29 bits per heavy atom. The van der Waals surface area contributed by atoms with E-state index in [2.05, 4.69) is 12.2 Å². The van der Waals surface area contributed by atoms with Crippen molar-refractivity contribution in [1.82, 2.24) is 0 Å². The first kappa shape index (κ1) is 10.6. The molecule has 0 unspecified atom stereocenters. The molecule has 0 aliphatic heterocycles. The van der Waals surface area contributed by atoms with E-state index in [1.165, 1.54) is 0 Å². The number of carbonyl (C=O) groups is 1. The maximum Gasteiger partial charge on any atom is 0.211 e. The van der Waals surface area contributed by atoms with Gasteiger partial charge in [-0.2, -0.15) is 0 Å². The number of hydrogen-bond acceptors (Lipinski definition) is 2. The summed E-state index contributed by atoms with van der Waals surface area (Å²) in [6, 6.07) is 5.62. The third-order valence-electron chi connectivity index (χ3n) is 2.15. The molecule has 0 aromatic heterocycles. The van der Waals surface area contributed by atoms with E-state index < -0.39 is 0 Å². The average Bonchev–Trinajstić information content (AvgIpc) is 2.17. The van der Waals surface area contributed by atoms with E-state index in [9.17, 15) is 4.79 Å². The van der Waals surface area contributed by atoms with Gasteiger partial charge in [0.15, 0.2) is 0 Å². The van der Waals surface area contributed by atoms with Gasteiger partial charge in [0, 0.05) is 11.4 Å². The molecule has 0 saturated carbocycles. The number of benzene rings is 1. The Labute approximate surface area is 84.3 Å². The third kappa shape index (κ3) is 2.76. The van der Waals surface area contributed by atoms with Gasteiger partial charge in [-0.1, -0.05) is 19.4 Å². The zero-order valence-corrected chi connectivity index (χ0v) is 8.42. The average molecular weight is 192 g/mol. The summed E-state index contributed by atoms with van der Waals surface area (Å²) in [5, 5.41) is 2.67. The van der Waals surface area contributed by atoms with E-state index in [0.29, 0.717) is 12.1 Å². The molecule has 0 aliphatic rings. The van der Waals surface area contributed by atoms with Gasteiger partial charge >= 0.3 is 0 Å². The molecule has 1 amide bonds. The summed E-state index contributed by atoms with van der Waals surface area (Å²) in [4.78, 5) is 10.4. The highest BCUT2D eigenvalue weighted by Gasteiger charge is 2.01. The Hall–Kier alpha value is -1.51. The second kappa shape index (κ2) is 5.27. The molecule has 3 N–H and O–H groups in total. The summed E-state index contributed by atoms with van der Waals surface area (Å²) >= 11 is 0. The van der Waals surface area contributed by atoms with Crippen LogP contribution < -0.4 is 11.1 Å². The van der Waals surface area contributed by atoms with Crippen molar-refractivity contribution in [3.8, 4) is 0 Å². The standard InChI is InChI=1S/C11H16N2O/c1-2-3-4-9-5-6-10(12)7-11(9)13-8-14/h5-8H,2-4,12H2,1H3,(H,13,14). The largest absolute Gasteiger partial charge is 0.399 e. The molecule has 0 spiro atoms. The quantitative estimate of drug-likeness (QED) is 0.555. The summed E-state index contributed by atoms with van der Waals surface area (Å²) in [6.07, 6.45) is 3.93. The van der Waals surface area contributed by atoms with Crippen molar-refractivity contribution in [3.63, 3.8) is 0 Å². The Morgan fingerprint density at radius 3 is 2.93 bits per heavy atom. The molecule has 0 bridgehead atoms. The topological polar surface area (TPSA) is 55.1 Å². The van der Waals surface area contributed by atoms with Crippen LogP contribution in [0.2, 0.25) is 0 Å². The van der Waals surface area contributed by atoms with Gasteiger partial charge in [0.05, 0.1) is 0 Å². The molecule has 0 fully saturated rings. The Balaban J connectivity index is 2.83.